The summed E-state index contributed by atoms with van der Waals surface area (Å²) < 4.78 is 16.3. The number of furan rings is 1. The highest BCUT2D eigenvalue weighted by Crippen LogP contribution is 2.15. The van der Waals surface area contributed by atoms with Gasteiger partial charge in [0.15, 0.2) is 0 Å². The summed E-state index contributed by atoms with van der Waals surface area (Å²) in [5.74, 6) is 1.98. The first kappa shape index (κ1) is 16.0. The van der Waals surface area contributed by atoms with Gasteiger partial charge in [0, 0.05) is 33.0 Å². The molecule has 1 aliphatic heterocycles. The van der Waals surface area contributed by atoms with Crippen molar-refractivity contribution in [2.45, 2.75) is 33.1 Å². The second kappa shape index (κ2) is 8.20. The lowest BCUT2D eigenvalue weighted by Crippen LogP contribution is -2.26. The predicted octanol–water partition coefficient (Wildman–Crippen LogP) is 2.46. The summed E-state index contributed by atoms with van der Waals surface area (Å²) >= 11 is 0. The summed E-state index contributed by atoms with van der Waals surface area (Å²) in [4.78, 5) is 11.9. The van der Waals surface area contributed by atoms with E-state index in [9.17, 15) is 4.79 Å². The predicted molar refractivity (Wildman–Crippen MR) is 79.5 cm³/mol. The number of aryl methyl sites for hydroxylation is 2. The van der Waals surface area contributed by atoms with Crippen molar-refractivity contribution in [3.05, 3.63) is 23.2 Å². The van der Waals surface area contributed by atoms with E-state index in [0.717, 1.165) is 44.8 Å². The second-order valence-electron chi connectivity index (χ2n) is 5.57. The maximum absolute atomic E-state index is 11.9. The molecule has 5 nitrogen and oxygen atoms in total. The maximum Gasteiger partial charge on any atom is 0.254 e. The zero-order chi connectivity index (χ0) is 15.1. The average Bonchev–Trinajstić information content (AvgIpc) is 2.82. The van der Waals surface area contributed by atoms with E-state index in [-0.39, 0.29) is 5.91 Å². The van der Waals surface area contributed by atoms with Crippen molar-refractivity contribution in [1.82, 2.24) is 5.32 Å². The number of ether oxygens (including phenoxy) is 2. The third-order valence-corrected chi connectivity index (χ3v) is 3.73. The van der Waals surface area contributed by atoms with Crippen LogP contribution in [0.1, 0.15) is 41.1 Å². The molecule has 2 rings (SSSR count). The van der Waals surface area contributed by atoms with E-state index in [1.54, 1.807) is 13.0 Å². The number of amides is 1. The van der Waals surface area contributed by atoms with Crippen LogP contribution in [-0.2, 0) is 9.47 Å². The summed E-state index contributed by atoms with van der Waals surface area (Å²) in [5.41, 5.74) is 0.621. The Balaban J connectivity index is 1.55. The summed E-state index contributed by atoms with van der Waals surface area (Å²) in [5, 5.41) is 2.89. The first-order valence-electron chi connectivity index (χ1n) is 7.67. The van der Waals surface area contributed by atoms with Crippen LogP contribution in [-0.4, -0.2) is 38.9 Å². The first-order chi connectivity index (χ1) is 10.2. The van der Waals surface area contributed by atoms with Crippen LogP contribution in [0.15, 0.2) is 10.5 Å². The Morgan fingerprint density at radius 3 is 2.81 bits per heavy atom. The minimum atomic E-state index is -0.0752. The molecule has 1 aromatic heterocycles. The Kier molecular flexibility index (Phi) is 6.26. The lowest BCUT2D eigenvalue weighted by atomic mass is 10.0. The number of rotatable bonds is 7. The third kappa shape index (κ3) is 5.17. The lowest BCUT2D eigenvalue weighted by Gasteiger charge is -2.21. The van der Waals surface area contributed by atoms with Gasteiger partial charge in [-0.2, -0.15) is 0 Å². The van der Waals surface area contributed by atoms with Gasteiger partial charge in [0.25, 0.3) is 5.91 Å². The maximum atomic E-state index is 11.9. The number of nitrogens with one attached hydrogen (secondary N) is 1. The van der Waals surface area contributed by atoms with Crippen LogP contribution in [0.5, 0.6) is 0 Å². The number of hydrogen-bond donors (Lipinski definition) is 1. The van der Waals surface area contributed by atoms with E-state index >= 15 is 0 Å². The van der Waals surface area contributed by atoms with Crippen molar-refractivity contribution < 1.29 is 18.7 Å². The van der Waals surface area contributed by atoms with Gasteiger partial charge in [-0.3, -0.25) is 4.79 Å². The molecule has 1 saturated heterocycles. The van der Waals surface area contributed by atoms with E-state index in [2.05, 4.69) is 5.32 Å². The molecule has 21 heavy (non-hydrogen) atoms. The molecule has 118 valence electrons. The first-order valence-corrected chi connectivity index (χ1v) is 7.67. The van der Waals surface area contributed by atoms with Gasteiger partial charge < -0.3 is 19.2 Å². The highest BCUT2D eigenvalue weighted by molar-refractivity contribution is 5.95. The van der Waals surface area contributed by atoms with Crippen LogP contribution in [0.25, 0.3) is 0 Å². The van der Waals surface area contributed by atoms with E-state index in [0.29, 0.717) is 30.4 Å². The van der Waals surface area contributed by atoms with Crippen molar-refractivity contribution in [1.29, 1.82) is 0 Å². The zero-order valence-corrected chi connectivity index (χ0v) is 12.9. The Morgan fingerprint density at radius 2 is 2.14 bits per heavy atom. The molecule has 0 aliphatic carbocycles. The Labute approximate surface area is 126 Å². The van der Waals surface area contributed by atoms with E-state index in [1.807, 2.05) is 6.92 Å². The van der Waals surface area contributed by atoms with Crippen molar-refractivity contribution in [2.24, 2.45) is 5.92 Å². The molecule has 1 aliphatic rings. The quantitative estimate of drug-likeness (QED) is 0.785. The van der Waals surface area contributed by atoms with Crippen molar-refractivity contribution in [2.75, 3.05) is 33.0 Å². The van der Waals surface area contributed by atoms with Crippen LogP contribution < -0.4 is 5.32 Å². The van der Waals surface area contributed by atoms with Gasteiger partial charge in [-0.15, -0.1) is 0 Å². The minimum Gasteiger partial charge on any atom is -0.466 e. The SMILES string of the molecule is Cc1cc(C(=O)NCCCOCC2CCOCC2)c(C)o1. The monoisotopic (exact) mass is 295 g/mol. The summed E-state index contributed by atoms with van der Waals surface area (Å²) in [6.45, 7) is 7.46. The Morgan fingerprint density at radius 1 is 1.38 bits per heavy atom. The van der Waals surface area contributed by atoms with Crippen LogP contribution >= 0.6 is 0 Å². The number of hydrogen-bond acceptors (Lipinski definition) is 4. The second-order valence-corrected chi connectivity index (χ2v) is 5.57. The molecule has 1 fully saturated rings. The Hall–Kier alpha value is -1.33. The third-order valence-electron chi connectivity index (χ3n) is 3.73. The van der Waals surface area contributed by atoms with Crippen LogP contribution in [0.3, 0.4) is 0 Å². The summed E-state index contributed by atoms with van der Waals surface area (Å²) in [7, 11) is 0. The Bertz CT molecular complexity index is 449. The fraction of sp³-hybridized carbons (Fsp3) is 0.688. The largest absolute Gasteiger partial charge is 0.466 e. The number of carbonyl (C=O) groups excluding carboxylic acids is 1. The van der Waals surface area contributed by atoms with Gasteiger partial charge in [-0.05, 0) is 45.1 Å². The molecule has 1 amide bonds. The molecular formula is C16H25NO4. The topological polar surface area (TPSA) is 60.7 Å². The van der Waals surface area contributed by atoms with Gasteiger partial charge in [-0.25, -0.2) is 0 Å². The van der Waals surface area contributed by atoms with Crippen LogP contribution in [0, 0.1) is 19.8 Å². The molecular weight excluding hydrogens is 270 g/mol. The van der Waals surface area contributed by atoms with Gasteiger partial charge in [-0.1, -0.05) is 0 Å². The average molecular weight is 295 g/mol. The van der Waals surface area contributed by atoms with Crippen LogP contribution in [0.4, 0.5) is 0 Å². The molecule has 2 heterocycles. The van der Waals surface area contributed by atoms with Crippen LogP contribution in [0.2, 0.25) is 0 Å². The van der Waals surface area contributed by atoms with Crippen molar-refractivity contribution in [3.63, 3.8) is 0 Å². The standard InChI is InChI=1S/C16H25NO4/c1-12-10-15(13(2)21-12)16(18)17-6-3-7-20-11-14-4-8-19-9-5-14/h10,14H,3-9,11H2,1-2H3,(H,17,18). The fourth-order valence-corrected chi connectivity index (χ4v) is 2.49. The van der Waals surface area contributed by atoms with Gasteiger partial charge >= 0.3 is 0 Å². The summed E-state index contributed by atoms with van der Waals surface area (Å²) in [6, 6.07) is 1.77. The van der Waals surface area contributed by atoms with E-state index < -0.39 is 0 Å². The molecule has 0 atom stereocenters. The fourth-order valence-electron chi connectivity index (χ4n) is 2.49. The van der Waals surface area contributed by atoms with E-state index in [1.165, 1.54) is 0 Å². The van der Waals surface area contributed by atoms with Gasteiger partial charge in [0.2, 0.25) is 0 Å². The van der Waals surface area contributed by atoms with Gasteiger partial charge in [0.05, 0.1) is 5.56 Å². The van der Waals surface area contributed by atoms with Gasteiger partial charge in [0.1, 0.15) is 11.5 Å². The normalized spacial score (nSPS) is 16.1. The molecule has 0 spiro atoms. The minimum absolute atomic E-state index is 0.0752. The molecule has 0 bridgehead atoms. The highest BCUT2D eigenvalue weighted by atomic mass is 16.5. The molecule has 0 radical (unpaired) electrons. The van der Waals surface area contributed by atoms with Crippen molar-refractivity contribution >= 4 is 5.91 Å². The molecule has 1 N–H and O–H groups in total. The highest BCUT2D eigenvalue weighted by Gasteiger charge is 2.14. The molecule has 0 aromatic carbocycles. The van der Waals surface area contributed by atoms with E-state index in [4.69, 9.17) is 13.9 Å². The van der Waals surface area contributed by atoms with Crippen molar-refractivity contribution in [3.8, 4) is 0 Å². The summed E-state index contributed by atoms with van der Waals surface area (Å²) in [6.07, 6.45) is 3.01. The molecule has 1 aromatic rings. The smallest absolute Gasteiger partial charge is 0.254 e. The molecule has 0 unspecified atom stereocenters. The zero-order valence-electron chi connectivity index (χ0n) is 12.9. The molecule has 0 saturated carbocycles. The number of carbonyl (C=O) groups is 1. The molecule has 5 heteroatoms. The lowest BCUT2D eigenvalue weighted by molar-refractivity contribution is 0.0202.